The summed E-state index contributed by atoms with van der Waals surface area (Å²) in [5.74, 6) is -1.41. The third-order valence-corrected chi connectivity index (χ3v) is 3.02. The summed E-state index contributed by atoms with van der Waals surface area (Å²) in [7, 11) is 0. The molecule has 0 aliphatic carbocycles. The molecule has 1 atom stereocenters. The summed E-state index contributed by atoms with van der Waals surface area (Å²) in [5, 5.41) is 12.7. The number of hydrogen-bond donors (Lipinski definition) is 2. The quantitative estimate of drug-likeness (QED) is 0.782. The highest BCUT2D eigenvalue weighted by Crippen LogP contribution is 2.15. The van der Waals surface area contributed by atoms with Crippen molar-refractivity contribution in [3.63, 3.8) is 0 Å². The number of carbonyl (C=O) groups is 3. The molecule has 0 aliphatic rings. The molecular weight excluding hydrogens is 242 g/mol. The fourth-order valence-electron chi connectivity index (χ4n) is 1.25. The second kappa shape index (κ2) is 5.58. The maximum atomic E-state index is 11.7. The first kappa shape index (κ1) is 13.4. The first-order chi connectivity index (χ1) is 7.90. The van der Waals surface area contributed by atoms with Crippen molar-refractivity contribution in [2.24, 2.45) is 0 Å². The monoisotopic (exact) mass is 255 g/mol. The second-order valence-electron chi connectivity index (χ2n) is 3.73. The fourth-order valence-corrected chi connectivity index (χ4v) is 2.10. The van der Waals surface area contributed by atoms with E-state index in [1.165, 1.54) is 24.3 Å². The molecular formula is C11H13NO4S. The molecule has 6 heteroatoms. The van der Waals surface area contributed by atoms with E-state index in [-0.39, 0.29) is 18.1 Å². The number of carboxylic acid groups (broad SMARTS) is 1. The lowest BCUT2D eigenvalue weighted by atomic mass is 10.2. The lowest BCUT2D eigenvalue weighted by molar-refractivity contribution is -0.137. The van der Waals surface area contributed by atoms with Crippen LogP contribution in [0.2, 0.25) is 0 Å². The molecule has 1 rings (SSSR count). The normalized spacial score (nSPS) is 11.9. The van der Waals surface area contributed by atoms with Crippen LogP contribution in [0.4, 0.5) is 0 Å². The average molecular weight is 255 g/mol. The van der Waals surface area contributed by atoms with Gasteiger partial charge in [-0.05, 0) is 19.9 Å². The molecule has 1 amide bonds. The van der Waals surface area contributed by atoms with Crippen LogP contribution in [0.3, 0.4) is 0 Å². The highest BCUT2D eigenvalue weighted by atomic mass is 32.1. The fraction of sp³-hybridized carbons (Fsp3) is 0.364. The molecule has 17 heavy (non-hydrogen) atoms. The van der Waals surface area contributed by atoms with Gasteiger partial charge in [0.15, 0.2) is 5.78 Å². The molecule has 0 aromatic carbocycles. The van der Waals surface area contributed by atoms with E-state index in [0.29, 0.717) is 10.4 Å². The van der Waals surface area contributed by atoms with Crippen molar-refractivity contribution in [2.45, 2.75) is 26.3 Å². The Bertz CT molecular complexity index is 452. The largest absolute Gasteiger partial charge is 0.481 e. The Labute approximate surface area is 102 Å². The Morgan fingerprint density at radius 2 is 2.12 bits per heavy atom. The molecule has 0 saturated carbocycles. The number of amides is 1. The molecule has 1 unspecified atom stereocenters. The minimum absolute atomic E-state index is 0.0983. The average Bonchev–Trinajstić information content (AvgIpc) is 2.64. The van der Waals surface area contributed by atoms with Crippen molar-refractivity contribution >= 4 is 29.0 Å². The molecule has 5 nitrogen and oxygen atoms in total. The molecule has 1 aromatic heterocycles. The molecule has 2 N–H and O–H groups in total. The molecule has 0 fully saturated rings. The minimum Gasteiger partial charge on any atom is -0.481 e. The van der Waals surface area contributed by atoms with Crippen molar-refractivity contribution in [3.8, 4) is 0 Å². The van der Waals surface area contributed by atoms with Gasteiger partial charge in [-0.3, -0.25) is 14.4 Å². The zero-order valence-electron chi connectivity index (χ0n) is 9.52. The smallest absolute Gasteiger partial charge is 0.305 e. The van der Waals surface area contributed by atoms with E-state index in [9.17, 15) is 14.4 Å². The van der Waals surface area contributed by atoms with E-state index in [1.54, 1.807) is 12.3 Å². The summed E-state index contributed by atoms with van der Waals surface area (Å²) in [6.07, 6.45) is -0.128. The number of nitrogens with one attached hydrogen (secondary N) is 1. The van der Waals surface area contributed by atoms with Gasteiger partial charge in [0.05, 0.1) is 11.3 Å². The SMILES string of the molecule is CC(=O)c1csc(C(=O)NC(C)CC(=O)O)c1. The Kier molecular flexibility index (Phi) is 4.39. The highest BCUT2D eigenvalue weighted by molar-refractivity contribution is 7.12. The molecule has 1 heterocycles. The van der Waals surface area contributed by atoms with Gasteiger partial charge in [0, 0.05) is 17.0 Å². The van der Waals surface area contributed by atoms with Crippen molar-refractivity contribution in [1.29, 1.82) is 0 Å². The Hall–Kier alpha value is -1.69. The molecule has 0 bridgehead atoms. The predicted molar refractivity (Wildman–Crippen MR) is 63.5 cm³/mol. The van der Waals surface area contributed by atoms with Crippen molar-refractivity contribution < 1.29 is 19.5 Å². The number of rotatable bonds is 5. The van der Waals surface area contributed by atoms with Crippen LogP contribution in [0, 0.1) is 0 Å². The van der Waals surface area contributed by atoms with E-state index in [1.807, 2.05) is 0 Å². The topological polar surface area (TPSA) is 83.5 Å². The van der Waals surface area contributed by atoms with Crippen molar-refractivity contribution in [1.82, 2.24) is 5.32 Å². The number of thiophene rings is 1. The van der Waals surface area contributed by atoms with Gasteiger partial charge in [-0.1, -0.05) is 0 Å². The van der Waals surface area contributed by atoms with E-state index >= 15 is 0 Å². The summed E-state index contributed by atoms with van der Waals surface area (Å²) in [4.78, 5) is 33.6. The zero-order valence-corrected chi connectivity index (χ0v) is 10.3. The Morgan fingerprint density at radius 1 is 1.47 bits per heavy atom. The molecule has 0 aliphatic heterocycles. The van der Waals surface area contributed by atoms with Gasteiger partial charge >= 0.3 is 5.97 Å². The number of carbonyl (C=O) groups excluding carboxylic acids is 2. The van der Waals surface area contributed by atoms with Crippen molar-refractivity contribution in [2.75, 3.05) is 0 Å². The number of carboxylic acids is 1. The third kappa shape index (κ3) is 3.99. The van der Waals surface area contributed by atoms with Crippen LogP contribution in [0.5, 0.6) is 0 Å². The van der Waals surface area contributed by atoms with Gasteiger partial charge in [-0.15, -0.1) is 11.3 Å². The summed E-state index contributed by atoms with van der Waals surface area (Å²) >= 11 is 1.17. The van der Waals surface area contributed by atoms with Gasteiger partial charge in [0.1, 0.15) is 0 Å². The van der Waals surface area contributed by atoms with Crippen LogP contribution in [-0.4, -0.2) is 28.8 Å². The van der Waals surface area contributed by atoms with Crippen LogP contribution >= 0.6 is 11.3 Å². The molecule has 0 saturated heterocycles. The van der Waals surface area contributed by atoms with Gasteiger partial charge in [-0.2, -0.15) is 0 Å². The Balaban J connectivity index is 2.63. The van der Waals surface area contributed by atoms with Crippen LogP contribution in [0.25, 0.3) is 0 Å². The number of aliphatic carboxylic acids is 1. The van der Waals surface area contributed by atoms with Crippen LogP contribution < -0.4 is 5.32 Å². The van der Waals surface area contributed by atoms with Gasteiger partial charge in [-0.25, -0.2) is 0 Å². The highest BCUT2D eigenvalue weighted by Gasteiger charge is 2.15. The minimum atomic E-state index is -0.964. The number of hydrogen-bond acceptors (Lipinski definition) is 4. The predicted octanol–water partition coefficient (Wildman–Crippen LogP) is 1.54. The van der Waals surface area contributed by atoms with E-state index in [2.05, 4.69) is 5.32 Å². The van der Waals surface area contributed by atoms with Crippen LogP contribution in [-0.2, 0) is 4.79 Å². The van der Waals surface area contributed by atoms with Gasteiger partial charge in [0.2, 0.25) is 0 Å². The summed E-state index contributed by atoms with van der Waals surface area (Å²) in [6.45, 7) is 3.04. The number of Topliss-reactive ketones (excluding diaryl/α,β-unsaturated/α-hetero) is 1. The van der Waals surface area contributed by atoms with Gasteiger partial charge in [0.25, 0.3) is 5.91 Å². The van der Waals surface area contributed by atoms with E-state index < -0.39 is 12.0 Å². The lowest BCUT2D eigenvalue weighted by Gasteiger charge is -2.09. The van der Waals surface area contributed by atoms with Crippen molar-refractivity contribution in [3.05, 3.63) is 21.9 Å². The lowest BCUT2D eigenvalue weighted by Crippen LogP contribution is -2.33. The maximum Gasteiger partial charge on any atom is 0.305 e. The second-order valence-corrected chi connectivity index (χ2v) is 4.64. The standard InChI is InChI=1S/C11H13NO4S/c1-6(3-10(14)15)12-11(16)9-4-8(5-17-9)7(2)13/h4-6H,3H2,1-2H3,(H,12,16)(H,14,15). The maximum absolute atomic E-state index is 11.7. The molecule has 0 radical (unpaired) electrons. The summed E-state index contributed by atoms with van der Waals surface area (Å²) in [5.41, 5.74) is 0.492. The molecule has 1 aromatic rings. The first-order valence-electron chi connectivity index (χ1n) is 5.02. The molecule has 0 spiro atoms. The van der Waals surface area contributed by atoms with E-state index in [0.717, 1.165) is 0 Å². The van der Waals surface area contributed by atoms with Gasteiger partial charge < -0.3 is 10.4 Å². The third-order valence-electron chi connectivity index (χ3n) is 2.09. The number of ketones is 1. The van der Waals surface area contributed by atoms with E-state index in [4.69, 9.17) is 5.11 Å². The van der Waals surface area contributed by atoms with Crippen LogP contribution in [0.1, 0.15) is 40.3 Å². The van der Waals surface area contributed by atoms with Crippen LogP contribution in [0.15, 0.2) is 11.4 Å². The summed E-state index contributed by atoms with van der Waals surface area (Å²) in [6, 6.07) is 1.07. The summed E-state index contributed by atoms with van der Waals surface area (Å²) < 4.78 is 0. The molecule has 92 valence electrons. The first-order valence-corrected chi connectivity index (χ1v) is 5.90. The zero-order chi connectivity index (χ0) is 13.0. The Morgan fingerprint density at radius 3 is 2.59 bits per heavy atom.